The lowest BCUT2D eigenvalue weighted by Gasteiger charge is -2.09. The molecule has 0 aliphatic heterocycles. The molecule has 0 bridgehead atoms. The van der Waals surface area contributed by atoms with Crippen LogP contribution in [0.3, 0.4) is 0 Å². The molecule has 2 N–H and O–H groups in total. The first-order valence-electron chi connectivity index (χ1n) is 5.74. The number of nitrogens with two attached hydrogens (primary N) is 1. The quantitative estimate of drug-likeness (QED) is 0.639. The highest BCUT2D eigenvalue weighted by Gasteiger charge is 2.14. The van der Waals surface area contributed by atoms with Gasteiger partial charge in [-0.15, -0.1) is 0 Å². The van der Waals surface area contributed by atoms with Crippen molar-refractivity contribution in [1.82, 2.24) is 9.55 Å². The molecule has 0 unspecified atom stereocenters. The van der Waals surface area contributed by atoms with Gasteiger partial charge in [-0.2, -0.15) is 5.26 Å². The molecule has 0 saturated carbocycles. The first-order chi connectivity index (χ1) is 9.61. The molecule has 0 radical (unpaired) electrons. The molecule has 1 aromatic heterocycles. The van der Waals surface area contributed by atoms with E-state index in [2.05, 4.69) is 33.6 Å². The van der Waals surface area contributed by atoms with Crippen molar-refractivity contribution < 1.29 is 0 Å². The number of fused-ring (bicyclic) bond motifs is 1. The molecule has 1 heterocycles. The van der Waals surface area contributed by atoms with Crippen LogP contribution in [0.5, 0.6) is 0 Å². The van der Waals surface area contributed by atoms with Crippen LogP contribution in [0.25, 0.3) is 16.7 Å². The van der Waals surface area contributed by atoms with Crippen LogP contribution in [0.1, 0.15) is 5.56 Å². The van der Waals surface area contributed by atoms with Crippen molar-refractivity contribution in [2.75, 3.05) is 5.73 Å². The van der Waals surface area contributed by atoms with Gasteiger partial charge in [0.25, 0.3) is 0 Å². The van der Waals surface area contributed by atoms with Crippen LogP contribution >= 0.6 is 34.2 Å². The van der Waals surface area contributed by atoms with E-state index in [1.165, 1.54) is 0 Å². The third-order valence-corrected chi connectivity index (χ3v) is 4.08. The van der Waals surface area contributed by atoms with Crippen LogP contribution in [-0.2, 0) is 0 Å². The molecule has 20 heavy (non-hydrogen) atoms. The van der Waals surface area contributed by atoms with Gasteiger partial charge in [-0.1, -0.05) is 17.7 Å². The van der Waals surface area contributed by atoms with Crippen molar-refractivity contribution in [3.05, 3.63) is 50.6 Å². The van der Waals surface area contributed by atoms with Gasteiger partial charge >= 0.3 is 0 Å². The summed E-state index contributed by atoms with van der Waals surface area (Å²) in [5, 5.41) is 9.80. The van der Waals surface area contributed by atoms with Crippen LogP contribution < -0.4 is 5.73 Å². The van der Waals surface area contributed by atoms with Crippen LogP contribution in [0.15, 0.2) is 36.4 Å². The number of nitriles is 1. The second-order valence-corrected chi connectivity index (χ2v) is 5.78. The monoisotopic (exact) mass is 394 g/mol. The zero-order chi connectivity index (χ0) is 14.3. The minimum absolute atomic E-state index is 0.350. The number of aromatic nitrogens is 2. The van der Waals surface area contributed by atoms with Gasteiger partial charge in [-0.3, -0.25) is 4.57 Å². The predicted octanol–water partition coefficient (Wildman–Crippen LogP) is 3.74. The summed E-state index contributed by atoms with van der Waals surface area (Å²) in [6.07, 6.45) is 0. The number of hydrogen-bond donors (Lipinski definition) is 1. The van der Waals surface area contributed by atoms with Gasteiger partial charge in [0.1, 0.15) is 11.6 Å². The molecule has 3 rings (SSSR count). The summed E-state index contributed by atoms with van der Waals surface area (Å²) in [6.45, 7) is 0. The minimum Gasteiger partial charge on any atom is -0.369 e. The Morgan fingerprint density at radius 2 is 2.10 bits per heavy atom. The second kappa shape index (κ2) is 4.96. The van der Waals surface area contributed by atoms with Crippen molar-refractivity contribution in [2.45, 2.75) is 0 Å². The number of hydrogen-bond acceptors (Lipinski definition) is 3. The summed E-state index contributed by atoms with van der Waals surface area (Å²) >= 11 is 8.18. The van der Waals surface area contributed by atoms with E-state index < -0.39 is 0 Å². The summed E-state index contributed by atoms with van der Waals surface area (Å²) < 4.78 is 2.79. The SMILES string of the molecule is N#Cc1cccc2c1nc(N)n2-c1ccc(Cl)cc1I. The molecule has 0 aliphatic carbocycles. The molecule has 0 fully saturated rings. The molecule has 0 spiro atoms. The van der Waals surface area contributed by atoms with Crippen molar-refractivity contribution in [3.63, 3.8) is 0 Å². The van der Waals surface area contributed by atoms with Crippen molar-refractivity contribution in [2.24, 2.45) is 0 Å². The maximum Gasteiger partial charge on any atom is 0.206 e. The molecule has 0 saturated heterocycles. The number of imidazole rings is 1. The maximum absolute atomic E-state index is 9.14. The Morgan fingerprint density at radius 1 is 1.30 bits per heavy atom. The summed E-state index contributed by atoms with van der Waals surface area (Å²) in [5.74, 6) is 0.350. The molecular weight excluding hydrogens is 387 g/mol. The summed E-state index contributed by atoms with van der Waals surface area (Å²) in [5.41, 5.74) is 8.84. The average molecular weight is 395 g/mol. The van der Waals surface area contributed by atoms with Crippen LogP contribution in [-0.4, -0.2) is 9.55 Å². The third-order valence-electron chi connectivity index (χ3n) is 2.98. The number of nitrogens with zero attached hydrogens (tertiary/aromatic N) is 3. The lowest BCUT2D eigenvalue weighted by molar-refractivity contribution is 1.10. The fraction of sp³-hybridized carbons (Fsp3) is 0. The number of anilines is 1. The molecular formula is C14H8ClIN4. The molecule has 98 valence electrons. The molecule has 4 nitrogen and oxygen atoms in total. The number of halogens is 2. The third kappa shape index (κ3) is 2.01. The van der Waals surface area contributed by atoms with Gasteiger partial charge in [-0.05, 0) is 52.9 Å². The Morgan fingerprint density at radius 3 is 2.80 bits per heavy atom. The van der Waals surface area contributed by atoms with E-state index >= 15 is 0 Å². The number of para-hydroxylation sites is 1. The topological polar surface area (TPSA) is 67.6 Å². The van der Waals surface area contributed by atoms with Gasteiger partial charge in [-0.25, -0.2) is 4.98 Å². The fourth-order valence-corrected chi connectivity index (χ4v) is 3.24. The molecule has 6 heteroatoms. The molecule has 0 amide bonds. The Bertz CT molecular complexity index is 863. The van der Waals surface area contributed by atoms with E-state index in [9.17, 15) is 0 Å². The van der Waals surface area contributed by atoms with Crippen molar-refractivity contribution in [1.29, 1.82) is 5.26 Å². The summed E-state index contributed by atoms with van der Waals surface area (Å²) in [4.78, 5) is 4.31. The smallest absolute Gasteiger partial charge is 0.206 e. The molecule has 3 aromatic rings. The fourth-order valence-electron chi connectivity index (χ4n) is 2.12. The standard InChI is InChI=1S/C14H8ClIN4/c15-9-4-5-11(10(16)6-9)20-12-3-1-2-8(7-17)13(12)19-14(20)18/h1-6H,(H2,18,19). The summed E-state index contributed by atoms with van der Waals surface area (Å²) in [6, 6.07) is 13.1. The highest BCUT2D eigenvalue weighted by molar-refractivity contribution is 14.1. The number of nitrogen functional groups attached to an aromatic ring is 1. The first kappa shape index (κ1) is 13.2. The average Bonchev–Trinajstić information content (AvgIpc) is 2.75. The van der Waals surface area contributed by atoms with E-state index in [0.717, 1.165) is 14.8 Å². The largest absolute Gasteiger partial charge is 0.369 e. The van der Waals surface area contributed by atoms with Gasteiger partial charge in [0.15, 0.2) is 0 Å². The van der Waals surface area contributed by atoms with Gasteiger partial charge < -0.3 is 5.73 Å². The van der Waals surface area contributed by atoms with Gasteiger partial charge in [0, 0.05) is 8.59 Å². The van der Waals surface area contributed by atoms with E-state index in [4.69, 9.17) is 22.6 Å². The normalized spacial score (nSPS) is 10.7. The zero-order valence-corrected chi connectivity index (χ0v) is 13.1. The van der Waals surface area contributed by atoms with Crippen LogP contribution in [0.2, 0.25) is 5.02 Å². The first-order valence-corrected chi connectivity index (χ1v) is 7.20. The minimum atomic E-state index is 0.350. The van der Waals surface area contributed by atoms with Crippen molar-refractivity contribution in [3.8, 4) is 11.8 Å². The Labute approximate surface area is 133 Å². The van der Waals surface area contributed by atoms with Gasteiger partial charge in [0.2, 0.25) is 5.95 Å². The number of rotatable bonds is 1. The zero-order valence-electron chi connectivity index (χ0n) is 10.1. The lowest BCUT2D eigenvalue weighted by atomic mass is 10.2. The van der Waals surface area contributed by atoms with E-state index in [1.54, 1.807) is 12.1 Å². The van der Waals surface area contributed by atoms with E-state index in [-0.39, 0.29) is 0 Å². The maximum atomic E-state index is 9.14. The second-order valence-electron chi connectivity index (χ2n) is 4.19. The summed E-state index contributed by atoms with van der Waals surface area (Å²) in [7, 11) is 0. The van der Waals surface area contributed by atoms with Crippen LogP contribution in [0.4, 0.5) is 5.95 Å². The molecule has 2 aromatic carbocycles. The van der Waals surface area contributed by atoms with Crippen LogP contribution in [0, 0.1) is 14.9 Å². The van der Waals surface area contributed by atoms with E-state index in [0.29, 0.717) is 22.1 Å². The van der Waals surface area contributed by atoms with Crippen molar-refractivity contribution >= 4 is 51.2 Å². The Kier molecular flexibility index (Phi) is 3.28. The lowest BCUT2D eigenvalue weighted by Crippen LogP contribution is -2.02. The van der Waals surface area contributed by atoms with E-state index in [1.807, 2.05) is 28.8 Å². The highest BCUT2D eigenvalue weighted by atomic mass is 127. The Hall–Kier alpha value is -1.78. The Balaban J connectivity index is 2.37. The number of benzene rings is 2. The molecule has 0 aliphatic rings. The van der Waals surface area contributed by atoms with Gasteiger partial charge in [0.05, 0.1) is 16.8 Å². The molecule has 0 atom stereocenters. The highest BCUT2D eigenvalue weighted by Crippen LogP contribution is 2.29. The predicted molar refractivity (Wildman–Crippen MR) is 87.9 cm³/mol.